The molecule has 4 aliphatic rings. The number of hydrogen-bond acceptors (Lipinski definition) is 5. The lowest BCUT2D eigenvalue weighted by Crippen LogP contribution is -2.61. The summed E-state index contributed by atoms with van der Waals surface area (Å²) in [7, 11) is -3.55. The molecule has 1 saturated carbocycles. The van der Waals surface area contributed by atoms with Gasteiger partial charge in [-0.05, 0) is 76.8 Å². The van der Waals surface area contributed by atoms with Gasteiger partial charge in [0.25, 0.3) is 5.91 Å². The molecule has 0 spiro atoms. The molecule has 3 heterocycles. The van der Waals surface area contributed by atoms with Gasteiger partial charge >= 0.3 is 0 Å². The zero-order valence-electron chi connectivity index (χ0n) is 19.4. The van der Waals surface area contributed by atoms with Crippen molar-refractivity contribution in [2.24, 2.45) is 0 Å². The molecule has 3 aliphatic heterocycles. The molecule has 1 N–H and O–H groups in total. The molecule has 0 aromatic heterocycles. The molecule has 5 rings (SSSR count). The van der Waals surface area contributed by atoms with Gasteiger partial charge in [0.05, 0.1) is 23.5 Å². The monoisotopic (exact) mass is 464 g/mol. The van der Waals surface area contributed by atoms with E-state index in [1.807, 2.05) is 18.2 Å². The summed E-state index contributed by atoms with van der Waals surface area (Å²) in [5.41, 5.74) is 1.17. The van der Waals surface area contributed by atoms with Gasteiger partial charge in [-0.3, -0.25) is 4.79 Å². The van der Waals surface area contributed by atoms with E-state index in [-0.39, 0.29) is 30.7 Å². The fraction of sp³-hybridized carbons (Fsp3) is 0.708. The third kappa shape index (κ3) is 4.97. The number of carbonyl (C=O) groups is 1. The Hall–Kier alpha value is -1.64. The summed E-state index contributed by atoms with van der Waals surface area (Å²) < 4.78 is 40.1. The molecule has 2 bridgehead atoms. The Labute approximate surface area is 191 Å². The summed E-state index contributed by atoms with van der Waals surface area (Å²) >= 11 is 0. The number of carbonyl (C=O) groups excluding carboxylic acids is 1. The number of nitrogens with one attached hydrogen (secondary N) is 1. The average Bonchev–Trinajstić information content (AvgIpc) is 2.77. The van der Waals surface area contributed by atoms with Gasteiger partial charge in [0.1, 0.15) is 5.75 Å². The van der Waals surface area contributed by atoms with Crippen molar-refractivity contribution in [3.05, 3.63) is 29.8 Å². The fourth-order valence-corrected chi connectivity index (χ4v) is 6.06. The number of fused-ring (bicyclic) bond motifs is 5. The van der Waals surface area contributed by atoms with Crippen molar-refractivity contribution < 1.29 is 22.7 Å². The van der Waals surface area contributed by atoms with Crippen molar-refractivity contribution in [1.82, 2.24) is 9.62 Å². The molecule has 1 aromatic carbocycles. The Kier molecular flexibility index (Phi) is 6.84. The van der Waals surface area contributed by atoms with Gasteiger partial charge in [0.2, 0.25) is 10.0 Å². The number of piperidine rings is 1. The molecule has 2 fully saturated rings. The number of amides is 1. The van der Waals surface area contributed by atoms with Crippen molar-refractivity contribution in [3.63, 3.8) is 0 Å². The third-order valence-electron chi connectivity index (χ3n) is 7.10. The minimum atomic E-state index is -3.55. The summed E-state index contributed by atoms with van der Waals surface area (Å²) in [5.74, 6) is 1.07. The van der Waals surface area contributed by atoms with Crippen LogP contribution in [0.4, 0.5) is 0 Å². The first-order valence-corrected chi connectivity index (χ1v) is 13.3. The largest absolute Gasteiger partial charge is 0.483 e. The van der Waals surface area contributed by atoms with Crippen LogP contribution in [0.5, 0.6) is 5.75 Å². The van der Waals surface area contributed by atoms with Gasteiger partial charge in [-0.25, -0.2) is 13.1 Å². The van der Waals surface area contributed by atoms with Crippen molar-refractivity contribution in [2.45, 2.75) is 88.1 Å². The molecule has 0 radical (unpaired) electrons. The molecule has 1 aromatic rings. The van der Waals surface area contributed by atoms with Gasteiger partial charge in [-0.15, -0.1) is 0 Å². The van der Waals surface area contributed by atoms with Crippen molar-refractivity contribution in [3.8, 4) is 5.75 Å². The number of ether oxygens (including phenoxy) is 2. The minimum Gasteiger partial charge on any atom is -0.483 e. The van der Waals surface area contributed by atoms with Crippen LogP contribution in [0.15, 0.2) is 24.3 Å². The minimum absolute atomic E-state index is 0.0532. The number of rotatable bonds is 2. The van der Waals surface area contributed by atoms with Crippen LogP contribution in [-0.4, -0.2) is 61.9 Å². The Balaban J connectivity index is 1.60. The fourth-order valence-electron chi connectivity index (χ4n) is 5.03. The molecular weight excluding hydrogens is 428 g/mol. The van der Waals surface area contributed by atoms with E-state index >= 15 is 0 Å². The quantitative estimate of drug-likeness (QED) is 0.727. The van der Waals surface area contributed by atoms with Crippen LogP contribution in [0.2, 0.25) is 0 Å². The van der Waals surface area contributed by atoms with Crippen LogP contribution >= 0.6 is 0 Å². The Bertz CT molecular complexity index is 919. The second kappa shape index (κ2) is 9.31. The highest BCUT2D eigenvalue weighted by molar-refractivity contribution is 7.90. The van der Waals surface area contributed by atoms with E-state index in [1.165, 1.54) is 5.56 Å². The maximum atomic E-state index is 13.2. The molecule has 2 atom stereocenters. The molecule has 1 saturated heterocycles. The van der Waals surface area contributed by atoms with Crippen LogP contribution in [0.3, 0.4) is 0 Å². The SMILES string of the molecule is CC(C)(C)S(=O)(=O)NC1CCCN2C(=O)COc3ccccc3C3CCC(CC3)OC[C@@H]12. The molecule has 1 amide bonds. The lowest BCUT2D eigenvalue weighted by Gasteiger charge is -2.42. The standard InChI is InChI=1S/C24H36N2O5S/c1-24(2,3)32(28,29)25-20-8-6-14-26-21(20)15-30-18-12-10-17(11-13-18)19-7-4-5-9-22(19)31-16-23(26)27/h4-5,7,9,17-18,20-21,25H,6,8,10-16H2,1-3H3/t17?,18?,20?,21-/m0/s1. The van der Waals surface area contributed by atoms with Crippen molar-refractivity contribution in [1.29, 1.82) is 0 Å². The number of benzene rings is 1. The molecule has 1 aliphatic carbocycles. The predicted octanol–water partition coefficient (Wildman–Crippen LogP) is 3.20. The van der Waals surface area contributed by atoms with E-state index in [1.54, 1.807) is 25.7 Å². The summed E-state index contributed by atoms with van der Waals surface area (Å²) in [6.07, 6.45) is 5.52. The van der Waals surface area contributed by atoms with Gasteiger partial charge in [-0.2, -0.15) is 0 Å². The van der Waals surface area contributed by atoms with Gasteiger partial charge in [0.15, 0.2) is 6.61 Å². The number of sulfonamides is 1. The molecule has 178 valence electrons. The molecular formula is C24H36N2O5S. The third-order valence-corrected chi connectivity index (χ3v) is 9.32. The molecule has 7 nitrogen and oxygen atoms in total. The van der Waals surface area contributed by atoms with E-state index in [0.29, 0.717) is 25.5 Å². The first-order chi connectivity index (χ1) is 15.2. The van der Waals surface area contributed by atoms with E-state index in [9.17, 15) is 13.2 Å². The van der Waals surface area contributed by atoms with Crippen molar-refractivity contribution >= 4 is 15.9 Å². The summed E-state index contributed by atoms with van der Waals surface area (Å²) in [4.78, 5) is 15.0. The van der Waals surface area contributed by atoms with E-state index in [4.69, 9.17) is 9.47 Å². The normalized spacial score (nSPS) is 29.7. The zero-order chi connectivity index (χ0) is 22.9. The smallest absolute Gasteiger partial charge is 0.260 e. The topological polar surface area (TPSA) is 84.9 Å². The van der Waals surface area contributed by atoms with Crippen LogP contribution in [0.25, 0.3) is 0 Å². The first-order valence-electron chi connectivity index (χ1n) is 11.8. The summed E-state index contributed by atoms with van der Waals surface area (Å²) in [5, 5.41) is 0. The molecule has 8 heteroatoms. The average molecular weight is 465 g/mol. The second-order valence-corrected chi connectivity index (χ2v) is 12.7. The van der Waals surface area contributed by atoms with E-state index in [2.05, 4.69) is 10.8 Å². The number of hydrogen-bond donors (Lipinski definition) is 1. The highest BCUT2D eigenvalue weighted by Gasteiger charge is 2.40. The van der Waals surface area contributed by atoms with Crippen LogP contribution in [0.1, 0.15) is 70.8 Å². The zero-order valence-corrected chi connectivity index (χ0v) is 20.2. The second-order valence-electron chi connectivity index (χ2n) is 10.3. The maximum absolute atomic E-state index is 13.2. The maximum Gasteiger partial charge on any atom is 0.260 e. The Morgan fingerprint density at radius 3 is 2.50 bits per heavy atom. The number of para-hydroxylation sites is 1. The molecule has 32 heavy (non-hydrogen) atoms. The Morgan fingerprint density at radius 1 is 1.06 bits per heavy atom. The summed E-state index contributed by atoms with van der Waals surface area (Å²) in [6, 6.07) is 7.30. The molecule has 1 unspecified atom stereocenters. The number of nitrogens with zero attached hydrogens (tertiary/aromatic N) is 1. The van der Waals surface area contributed by atoms with E-state index < -0.39 is 14.8 Å². The van der Waals surface area contributed by atoms with Crippen LogP contribution < -0.4 is 9.46 Å². The predicted molar refractivity (Wildman–Crippen MR) is 123 cm³/mol. The van der Waals surface area contributed by atoms with Gasteiger partial charge in [-0.1, -0.05) is 18.2 Å². The van der Waals surface area contributed by atoms with Crippen LogP contribution in [-0.2, 0) is 19.6 Å². The summed E-state index contributed by atoms with van der Waals surface area (Å²) in [6.45, 7) is 5.93. The Morgan fingerprint density at radius 2 is 1.78 bits per heavy atom. The van der Waals surface area contributed by atoms with Gasteiger partial charge in [0, 0.05) is 12.6 Å². The highest BCUT2D eigenvalue weighted by Crippen LogP contribution is 2.39. The van der Waals surface area contributed by atoms with Crippen molar-refractivity contribution in [2.75, 3.05) is 19.8 Å². The van der Waals surface area contributed by atoms with E-state index in [0.717, 1.165) is 37.9 Å². The lowest BCUT2D eigenvalue weighted by molar-refractivity contribution is -0.140. The lowest BCUT2D eigenvalue weighted by atomic mass is 9.82. The van der Waals surface area contributed by atoms with Crippen LogP contribution in [0, 0.1) is 0 Å². The van der Waals surface area contributed by atoms with Gasteiger partial charge < -0.3 is 14.4 Å². The first kappa shape index (κ1) is 23.5. The highest BCUT2D eigenvalue weighted by atomic mass is 32.2.